The molecule has 1 amide bonds. The van der Waals surface area contributed by atoms with E-state index in [-0.39, 0.29) is 18.4 Å². The van der Waals surface area contributed by atoms with Crippen LogP contribution in [0.1, 0.15) is 29.8 Å². The van der Waals surface area contributed by atoms with Crippen LogP contribution in [0.15, 0.2) is 18.2 Å². The minimum absolute atomic E-state index is 0.0433. The van der Waals surface area contributed by atoms with Gasteiger partial charge >= 0.3 is 5.97 Å². The number of carboxylic acid groups (broad SMARTS) is 1. The predicted molar refractivity (Wildman–Crippen MR) is 74.5 cm³/mol. The molecule has 0 bridgehead atoms. The van der Waals surface area contributed by atoms with E-state index in [0.717, 1.165) is 0 Å². The lowest BCUT2D eigenvalue weighted by Gasteiger charge is -2.17. The number of rotatable bonds is 5. The number of aliphatic carboxylic acids is 1. The van der Waals surface area contributed by atoms with E-state index >= 15 is 0 Å². The van der Waals surface area contributed by atoms with Crippen molar-refractivity contribution in [2.75, 3.05) is 6.54 Å². The first-order valence-corrected chi connectivity index (χ1v) is 6.48. The molecule has 0 aromatic heterocycles. The highest BCUT2D eigenvalue weighted by molar-refractivity contribution is 6.31. The highest BCUT2D eigenvalue weighted by Gasteiger charge is 2.22. The Hall–Kier alpha value is -1.55. The molecule has 1 aromatic rings. The van der Waals surface area contributed by atoms with Crippen molar-refractivity contribution in [3.63, 3.8) is 0 Å². The van der Waals surface area contributed by atoms with Crippen LogP contribution in [-0.4, -0.2) is 23.5 Å². The Kier molecular flexibility index (Phi) is 5.36. The van der Waals surface area contributed by atoms with Crippen LogP contribution in [0.4, 0.5) is 0 Å². The van der Waals surface area contributed by atoms with Gasteiger partial charge in [-0.15, -0.1) is 0 Å². The molecule has 1 aromatic carbocycles. The van der Waals surface area contributed by atoms with Crippen molar-refractivity contribution in [2.45, 2.75) is 20.8 Å². The standard InChI is InChI=1S/C14H18ClNO3/c1-8(2)11(14(18)19)7-16-13(17)10-5-4-6-12(15)9(10)3/h4-6,8,11H,7H2,1-3H3,(H,16,17)(H,18,19). The van der Waals surface area contributed by atoms with Gasteiger partial charge in [-0.25, -0.2) is 0 Å². The zero-order valence-corrected chi connectivity index (χ0v) is 12.0. The normalized spacial score (nSPS) is 12.3. The molecule has 5 heteroatoms. The summed E-state index contributed by atoms with van der Waals surface area (Å²) in [6.07, 6.45) is 0. The minimum atomic E-state index is -0.905. The Labute approximate surface area is 117 Å². The molecule has 1 unspecified atom stereocenters. The summed E-state index contributed by atoms with van der Waals surface area (Å²) in [7, 11) is 0. The SMILES string of the molecule is Cc1c(Cl)cccc1C(=O)NCC(C(=O)O)C(C)C. The number of carbonyl (C=O) groups excluding carboxylic acids is 1. The third kappa shape index (κ3) is 3.96. The maximum absolute atomic E-state index is 12.0. The molecular formula is C14H18ClNO3. The lowest BCUT2D eigenvalue weighted by molar-refractivity contribution is -0.142. The van der Waals surface area contributed by atoms with Crippen LogP contribution in [0.5, 0.6) is 0 Å². The topological polar surface area (TPSA) is 66.4 Å². The zero-order valence-electron chi connectivity index (χ0n) is 11.2. The molecule has 1 atom stereocenters. The smallest absolute Gasteiger partial charge is 0.308 e. The highest BCUT2D eigenvalue weighted by atomic mass is 35.5. The minimum Gasteiger partial charge on any atom is -0.481 e. The number of carboxylic acids is 1. The maximum Gasteiger partial charge on any atom is 0.308 e. The van der Waals surface area contributed by atoms with Gasteiger partial charge in [-0.2, -0.15) is 0 Å². The van der Waals surface area contributed by atoms with Crippen LogP contribution in [0.3, 0.4) is 0 Å². The van der Waals surface area contributed by atoms with Crippen molar-refractivity contribution in [3.8, 4) is 0 Å². The van der Waals surface area contributed by atoms with Crippen LogP contribution in [0, 0.1) is 18.8 Å². The van der Waals surface area contributed by atoms with E-state index in [1.54, 1.807) is 25.1 Å². The first kappa shape index (κ1) is 15.5. The van der Waals surface area contributed by atoms with Crippen molar-refractivity contribution < 1.29 is 14.7 Å². The lowest BCUT2D eigenvalue weighted by atomic mass is 9.96. The highest BCUT2D eigenvalue weighted by Crippen LogP contribution is 2.18. The summed E-state index contributed by atoms with van der Waals surface area (Å²) in [5.74, 6) is -1.84. The van der Waals surface area contributed by atoms with Gasteiger partial charge in [0.15, 0.2) is 0 Å². The summed E-state index contributed by atoms with van der Waals surface area (Å²) in [6, 6.07) is 5.07. The largest absolute Gasteiger partial charge is 0.481 e. The number of carbonyl (C=O) groups is 2. The molecule has 2 N–H and O–H groups in total. The van der Waals surface area contributed by atoms with Crippen molar-refractivity contribution in [1.82, 2.24) is 5.32 Å². The summed E-state index contributed by atoms with van der Waals surface area (Å²) < 4.78 is 0. The molecule has 0 spiro atoms. The van der Waals surface area contributed by atoms with E-state index in [1.807, 2.05) is 13.8 Å². The molecule has 19 heavy (non-hydrogen) atoms. The number of benzene rings is 1. The first-order valence-electron chi connectivity index (χ1n) is 6.10. The van der Waals surface area contributed by atoms with E-state index in [9.17, 15) is 9.59 Å². The summed E-state index contributed by atoms with van der Waals surface area (Å²) in [5.41, 5.74) is 1.17. The molecule has 0 aliphatic rings. The summed E-state index contributed by atoms with van der Waals surface area (Å²) in [4.78, 5) is 23.0. The van der Waals surface area contributed by atoms with Gasteiger partial charge in [0.1, 0.15) is 0 Å². The van der Waals surface area contributed by atoms with E-state index in [4.69, 9.17) is 16.7 Å². The molecule has 0 aliphatic carbocycles. The van der Waals surface area contributed by atoms with E-state index in [0.29, 0.717) is 16.1 Å². The molecule has 0 heterocycles. The van der Waals surface area contributed by atoms with Gasteiger partial charge in [-0.1, -0.05) is 31.5 Å². The second kappa shape index (κ2) is 6.57. The molecule has 0 saturated heterocycles. The fraction of sp³-hybridized carbons (Fsp3) is 0.429. The number of halogens is 1. The van der Waals surface area contributed by atoms with Crippen LogP contribution in [0.2, 0.25) is 5.02 Å². The van der Waals surface area contributed by atoms with Gasteiger partial charge in [0.05, 0.1) is 5.92 Å². The third-order valence-corrected chi connectivity index (χ3v) is 3.53. The van der Waals surface area contributed by atoms with Crippen molar-refractivity contribution in [2.24, 2.45) is 11.8 Å². The molecule has 0 aliphatic heterocycles. The van der Waals surface area contributed by atoms with E-state index in [1.165, 1.54) is 0 Å². The fourth-order valence-corrected chi connectivity index (χ4v) is 1.93. The average Bonchev–Trinajstić information content (AvgIpc) is 2.31. The van der Waals surface area contributed by atoms with Crippen molar-refractivity contribution in [3.05, 3.63) is 34.3 Å². The van der Waals surface area contributed by atoms with Gasteiger partial charge in [-0.3, -0.25) is 9.59 Å². The van der Waals surface area contributed by atoms with E-state index in [2.05, 4.69) is 5.32 Å². The first-order chi connectivity index (χ1) is 8.84. The molecule has 0 radical (unpaired) electrons. The maximum atomic E-state index is 12.0. The summed E-state index contributed by atoms with van der Waals surface area (Å²) in [5, 5.41) is 12.2. The molecule has 104 valence electrons. The predicted octanol–water partition coefficient (Wildman–Crippen LogP) is 2.74. The van der Waals surface area contributed by atoms with Crippen LogP contribution in [0.25, 0.3) is 0 Å². The monoisotopic (exact) mass is 283 g/mol. The fourth-order valence-electron chi connectivity index (χ4n) is 1.76. The van der Waals surface area contributed by atoms with Gasteiger partial charge in [0.2, 0.25) is 0 Å². The number of hydrogen-bond donors (Lipinski definition) is 2. The molecule has 4 nitrogen and oxygen atoms in total. The summed E-state index contributed by atoms with van der Waals surface area (Å²) >= 11 is 5.95. The number of hydrogen-bond acceptors (Lipinski definition) is 2. The summed E-state index contributed by atoms with van der Waals surface area (Å²) in [6.45, 7) is 5.50. The van der Waals surface area contributed by atoms with Gasteiger partial charge in [0, 0.05) is 17.1 Å². The quantitative estimate of drug-likeness (QED) is 0.873. The Balaban J connectivity index is 2.75. The second-order valence-electron chi connectivity index (χ2n) is 4.81. The molecule has 1 rings (SSSR count). The van der Waals surface area contributed by atoms with Crippen LogP contribution < -0.4 is 5.32 Å². The number of nitrogens with one attached hydrogen (secondary N) is 1. The van der Waals surface area contributed by atoms with Gasteiger partial charge in [-0.05, 0) is 30.5 Å². The third-order valence-electron chi connectivity index (χ3n) is 3.12. The van der Waals surface area contributed by atoms with Crippen molar-refractivity contribution in [1.29, 1.82) is 0 Å². The lowest BCUT2D eigenvalue weighted by Crippen LogP contribution is -2.35. The Morgan fingerprint density at radius 2 is 2.00 bits per heavy atom. The van der Waals surface area contributed by atoms with Crippen LogP contribution >= 0.6 is 11.6 Å². The molecule has 0 saturated carbocycles. The van der Waals surface area contributed by atoms with Crippen LogP contribution in [-0.2, 0) is 4.79 Å². The van der Waals surface area contributed by atoms with Gasteiger partial charge in [0.25, 0.3) is 5.91 Å². The van der Waals surface area contributed by atoms with E-state index < -0.39 is 11.9 Å². The number of amides is 1. The van der Waals surface area contributed by atoms with Crippen molar-refractivity contribution >= 4 is 23.5 Å². The molecular weight excluding hydrogens is 266 g/mol. The average molecular weight is 284 g/mol. The molecule has 0 fully saturated rings. The Morgan fingerprint density at radius 1 is 1.37 bits per heavy atom. The van der Waals surface area contributed by atoms with Gasteiger partial charge < -0.3 is 10.4 Å². The Morgan fingerprint density at radius 3 is 2.53 bits per heavy atom. The Bertz CT molecular complexity index is 486. The zero-order chi connectivity index (χ0) is 14.6. The second-order valence-corrected chi connectivity index (χ2v) is 5.22.